The molecule has 0 saturated heterocycles. The van der Waals surface area contributed by atoms with Gasteiger partial charge in [0.05, 0.1) is 21.9 Å². The molecule has 0 bridgehead atoms. The Balaban J connectivity index is 1.90. The van der Waals surface area contributed by atoms with Crippen LogP contribution in [0.5, 0.6) is 0 Å². The fourth-order valence-electron chi connectivity index (χ4n) is 2.77. The number of amides is 1. The Labute approximate surface area is 178 Å². The molecule has 0 aliphatic heterocycles. The number of nitrogens with zero attached hydrogens (tertiary/aromatic N) is 2. The van der Waals surface area contributed by atoms with Crippen molar-refractivity contribution < 1.29 is 17.6 Å². The van der Waals surface area contributed by atoms with Crippen molar-refractivity contribution in [1.82, 2.24) is 9.29 Å². The Bertz CT molecular complexity index is 1120. The van der Waals surface area contributed by atoms with Crippen LogP contribution in [-0.2, 0) is 10.0 Å². The number of sulfonamides is 1. The van der Waals surface area contributed by atoms with Crippen molar-refractivity contribution in [2.24, 2.45) is 0 Å². The van der Waals surface area contributed by atoms with Crippen molar-refractivity contribution in [2.45, 2.75) is 25.7 Å². The third-order valence-electron chi connectivity index (χ3n) is 4.27. The lowest BCUT2D eigenvalue weighted by molar-refractivity contribution is 0.102. The van der Waals surface area contributed by atoms with E-state index in [9.17, 15) is 13.2 Å². The van der Waals surface area contributed by atoms with E-state index in [1.807, 2.05) is 0 Å². The first-order valence-electron chi connectivity index (χ1n) is 8.90. The highest BCUT2D eigenvalue weighted by atomic mass is 35.5. The van der Waals surface area contributed by atoms with Crippen LogP contribution in [0, 0.1) is 6.92 Å². The van der Waals surface area contributed by atoms with E-state index in [1.165, 1.54) is 40.1 Å². The average Bonchev–Trinajstić information content (AvgIpc) is 3.33. The summed E-state index contributed by atoms with van der Waals surface area (Å²) in [5.41, 5.74) is 0.436. The fraction of sp³-hybridized carbons (Fsp3) is 0.263. The number of anilines is 1. The number of hydrogen-bond acceptors (Lipinski definition) is 6. The summed E-state index contributed by atoms with van der Waals surface area (Å²) in [5, 5.41) is 3.49. The molecule has 0 unspecified atom stereocenters. The van der Waals surface area contributed by atoms with E-state index in [2.05, 4.69) is 10.3 Å². The van der Waals surface area contributed by atoms with Gasteiger partial charge >= 0.3 is 0 Å². The fourth-order valence-corrected chi connectivity index (χ4v) is 5.30. The van der Waals surface area contributed by atoms with Crippen molar-refractivity contribution >= 4 is 44.6 Å². The van der Waals surface area contributed by atoms with Crippen LogP contribution in [0.1, 0.15) is 29.2 Å². The Morgan fingerprint density at radius 3 is 2.62 bits per heavy atom. The van der Waals surface area contributed by atoms with Gasteiger partial charge in [0.25, 0.3) is 5.91 Å². The molecule has 3 rings (SSSR count). The number of furan rings is 1. The molecule has 3 aromatic rings. The van der Waals surface area contributed by atoms with Crippen LogP contribution >= 0.6 is 22.9 Å². The zero-order valence-corrected chi connectivity index (χ0v) is 18.5. The van der Waals surface area contributed by atoms with Gasteiger partial charge in [-0.05, 0) is 37.3 Å². The molecule has 1 aromatic carbocycles. The summed E-state index contributed by atoms with van der Waals surface area (Å²) < 4.78 is 32.2. The smallest absolute Gasteiger partial charge is 0.275 e. The lowest BCUT2D eigenvalue weighted by Crippen LogP contribution is -2.30. The molecule has 0 spiro atoms. The summed E-state index contributed by atoms with van der Waals surface area (Å²) in [4.78, 5) is 17.9. The summed E-state index contributed by atoms with van der Waals surface area (Å²) >= 11 is 7.53. The maximum Gasteiger partial charge on any atom is 0.275 e. The van der Waals surface area contributed by atoms with Crippen LogP contribution in [0.3, 0.4) is 0 Å². The average molecular weight is 454 g/mol. The van der Waals surface area contributed by atoms with Gasteiger partial charge in [-0.1, -0.05) is 25.4 Å². The Morgan fingerprint density at radius 1 is 1.28 bits per heavy atom. The zero-order valence-electron chi connectivity index (χ0n) is 16.1. The maximum atomic E-state index is 12.8. The van der Waals surface area contributed by atoms with Crippen LogP contribution in [-0.4, -0.2) is 36.7 Å². The number of benzene rings is 1. The minimum Gasteiger partial charge on any atom is -0.462 e. The van der Waals surface area contributed by atoms with Crippen LogP contribution in [0.25, 0.3) is 10.8 Å². The van der Waals surface area contributed by atoms with Crippen molar-refractivity contribution in [3.8, 4) is 10.8 Å². The lowest BCUT2D eigenvalue weighted by Gasteiger charge is -2.19. The molecule has 0 saturated carbocycles. The summed E-state index contributed by atoms with van der Waals surface area (Å²) in [5.74, 6) is 0.0957. The predicted octanol–water partition coefficient (Wildman–Crippen LogP) is 4.65. The van der Waals surface area contributed by atoms with Crippen LogP contribution in [0.2, 0.25) is 5.02 Å². The van der Waals surface area contributed by atoms with E-state index < -0.39 is 15.9 Å². The third-order valence-corrected chi connectivity index (χ3v) is 7.63. The van der Waals surface area contributed by atoms with Gasteiger partial charge in [0.2, 0.25) is 10.0 Å². The number of thiazole rings is 1. The van der Waals surface area contributed by atoms with Crippen LogP contribution < -0.4 is 5.32 Å². The highest BCUT2D eigenvalue weighted by Gasteiger charge is 2.24. The molecule has 0 atom stereocenters. The Hall–Kier alpha value is -2.20. The van der Waals surface area contributed by atoms with E-state index in [-0.39, 0.29) is 21.3 Å². The second kappa shape index (κ2) is 8.66. The number of aromatic nitrogens is 1. The monoisotopic (exact) mass is 453 g/mol. The number of halogens is 1. The van der Waals surface area contributed by atoms with Gasteiger partial charge in [0, 0.05) is 18.0 Å². The first-order valence-corrected chi connectivity index (χ1v) is 11.5. The maximum absolute atomic E-state index is 12.8. The van der Waals surface area contributed by atoms with E-state index in [0.717, 1.165) is 0 Å². The molecule has 1 N–H and O–H groups in total. The lowest BCUT2D eigenvalue weighted by atomic mass is 10.3. The molecule has 1 amide bonds. The number of rotatable bonds is 7. The molecule has 7 nitrogen and oxygen atoms in total. The van der Waals surface area contributed by atoms with Gasteiger partial charge in [-0.3, -0.25) is 4.79 Å². The SMILES string of the molecule is CCN(CC)S(=O)(=O)c1ccc(Cl)c(NC(=O)c2nc(-c3ccco3)sc2C)c1. The number of nitrogens with one attached hydrogen (secondary N) is 1. The summed E-state index contributed by atoms with van der Waals surface area (Å²) in [6.07, 6.45) is 1.54. The summed E-state index contributed by atoms with van der Waals surface area (Å²) in [7, 11) is -3.68. The topological polar surface area (TPSA) is 92.5 Å². The zero-order chi connectivity index (χ0) is 21.2. The third kappa shape index (κ3) is 4.37. The predicted molar refractivity (Wildman–Crippen MR) is 114 cm³/mol. The number of hydrogen-bond donors (Lipinski definition) is 1. The second-order valence-corrected chi connectivity index (χ2v) is 9.63. The molecular weight excluding hydrogens is 434 g/mol. The Kier molecular flexibility index (Phi) is 6.42. The molecule has 0 fully saturated rings. The number of aryl methyl sites for hydroxylation is 1. The van der Waals surface area contributed by atoms with Crippen LogP contribution in [0.15, 0.2) is 45.9 Å². The molecule has 0 aliphatic rings. The number of carbonyl (C=O) groups excluding carboxylic acids is 1. The standard InChI is InChI=1S/C19H20ClN3O4S2/c1-4-23(5-2)29(25,26)13-8-9-14(20)15(11-13)21-18(24)17-12(3)28-19(22-17)16-7-6-10-27-16/h6-11H,4-5H2,1-3H3,(H,21,24). The molecule has 2 heterocycles. The van der Waals surface area contributed by atoms with Gasteiger partial charge in [-0.2, -0.15) is 4.31 Å². The van der Waals surface area contributed by atoms with Crippen LogP contribution in [0.4, 0.5) is 5.69 Å². The van der Waals surface area contributed by atoms with E-state index in [0.29, 0.717) is 28.7 Å². The van der Waals surface area contributed by atoms with E-state index in [1.54, 1.807) is 32.9 Å². The second-order valence-electron chi connectivity index (χ2n) is 6.09. The molecule has 0 aliphatic carbocycles. The summed E-state index contributed by atoms with van der Waals surface area (Å²) in [6.45, 7) is 6.00. The highest BCUT2D eigenvalue weighted by molar-refractivity contribution is 7.89. The molecule has 29 heavy (non-hydrogen) atoms. The molecule has 154 valence electrons. The highest BCUT2D eigenvalue weighted by Crippen LogP contribution is 2.30. The normalized spacial score (nSPS) is 11.8. The minimum atomic E-state index is -3.68. The molecule has 10 heteroatoms. The molecular formula is C19H20ClN3O4S2. The molecule has 0 radical (unpaired) electrons. The van der Waals surface area contributed by atoms with Gasteiger partial charge in [-0.15, -0.1) is 11.3 Å². The first kappa shape index (κ1) is 21.5. The van der Waals surface area contributed by atoms with E-state index >= 15 is 0 Å². The van der Waals surface area contributed by atoms with Crippen molar-refractivity contribution in [1.29, 1.82) is 0 Å². The van der Waals surface area contributed by atoms with Crippen molar-refractivity contribution in [3.05, 3.63) is 52.2 Å². The van der Waals surface area contributed by atoms with Gasteiger partial charge in [0.1, 0.15) is 5.69 Å². The van der Waals surface area contributed by atoms with Crippen molar-refractivity contribution in [2.75, 3.05) is 18.4 Å². The number of carbonyl (C=O) groups is 1. The van der Waals surface area contributed by atoms with Gasteiger partial charge < -0.3 is 9.73 Å². The largest absolute Gasteiger partial charge is 0.462 e. The molecule has 2 aromatic heterocycles. The first-order chi connectivity index (χ1) is 13.8. The van der Waals surface area contributed by atoms with E-state index in [4.69, 9.17) is 16.0 Å². The van der Waals surface area contributed by atoms with Crippen molar-refractivity contribution in [3.63, 3.8) is 0 Å². The quantitative estimate of drug-likeness (QED) is 0.562. The summed E-state index contributed by atoms with van der Waals surface area (Å²) in [6, 6.07) is 7.75. The van der Waals surface area contributed by atoms with Gasteiger partial charge in [0.15, 0.2) is 10.8 Å². The minimum absolute atomic E-state index is 0.0622. The van der Waals surface area contributed by atoms with Gasteiger partial charge in [-0.25, -0.2) is 13.4 Å². The Morgan fingerprint density at radius 2 is 2.00 bits per heavy atom.